The smallest absolute Gasteiger partial charge is 0.306 e. The summed E-state index contributed by atoms with van der Waals surface area (Å²) in [5, 5.41) is 0. The maximum atomic E-state index is 11.4. The van der Waals surface area contributed by atoms with Crippen LogP contribution in [0.3, 0.4) is 0 Å². The van der Waals surface area contributed by atoms with Crippen molar-refractivity contribution in [1.82, 2.24) is 0 Å². The minimum absolute atomic E-state index is 0.0689. The molecule has 16 heavy (non-hydrogen) atoms. The molecular weight excluding hydrogens is 208 g/mol. The van der Waals surface area contributed by atoms with E-state index in [-0.39, 0.29) is 24.1 Å². The summed E-state index contributed by atoms with van der Waals surface area (Å²) in [6.07, 6.45) is 2.66. The minimum Gasteiger partial charge on any atom is -0.466 e. The topological polar surface area (TPSA) is 44.8 Å². The quantitative estimate of drug-likeness (QED) is 0.692. The maximum Gasteiger partial charge on any atom is 0.306 e. The highest BCUT2D eigenvalue weighted by Gasteiger charge is 2.49. The summed E-state index contributed by atoms with van der Waals surface area (Å²) in [6.45, 7) is 6.12. The third kappa shape index (κ3) is 2.38. The van der Waals surface area contributed by atoms with E-state index in [1.807, 2.05) is 20.8 Å². The summed E-state index contributed by atoms with van der Waals surface area (Å²) in [7, 11) is 0. The van der Waals surface area contributed by atoms with Crippen LogP contribution in [0.25, 0.3) is 0 Å². The number of fused-ring (bicyclic) bond motifs is 1. The molecule has 92 valence electrons. The fourth-order valence-corrected chi connectivity index (χ4v) is 2.68. The Hall–Kier alpha value is -0.610. The summed E-state index contributed by atoms with van der Waals surface area (Å²) in [6, 6.07) is 0. The molecule has 1 saturated carbocycles. The Labute approximate surface area is 96.2 Å². The van der Waals surface area contributed by atoms with Gasteiger partial charge < -0.3 is 14.2 Å². The highest BCUT2D eigenvalue weighted by atomic mass is 16.8. The molecule has 1 aliphatic carbocycles. The lowest BCUT2D eigenvalue weighted by Gasteiger charge is -2.21. The van der Waals surface area contributed by atoms with Gasteiger partial charge in [-0.2, -0.15) is 0 Å². The molecule has 0 N–H and O–H groups in total. The van der Waals surface area contributed by atoms with Crippen LogP contribution in [0.15, 0.2) is 0 Å². The molecule has 1 saturated heterocycles. The van der Waals surface area contributed by atoms with Crippen molar-refractivity contribution in [3.63, 3.8) is 0 Å². The normalized spacial score (nSPS) is 36.1. The molecule has 3 atom stereocenters. The average molecular weight is 228 g/mol. The number of esters is 1. The summed E-state index contributed by atoms with van der Waals surface area (Å²) < 4.78 is 16.6. The zero-order valence-corrected chi connectivity index (χ0v) is 10.2. The van der Waals surface area contributed by atoms with Gasteiger partial charge in [-0.3, -0.25) is 4.79 Å². The molecule has 4 heteroatoms. The molecule has 0 radical (unpaired) electrons. The van der Waals surface area contributed by atoms with Gasteiger partial charge in [0.1, 0.15) is 0 Å². The van der Waals surface area contributed by atoms with E-state index >= 15 is 0 Å². The molecule has 0 aromatic carbocycles. The van der Waals surface area contributed by atoms with Crippen LogP contribution in [-0.2, 0) is 19.0 Å². The molecule has 2 aliphatic rings. The van der Waals surface area contributed by atoms with Gasteiger partial charge in [-0.25, -0.2) is 0 Å². The van der Waals surface area contributed by atoms with E-state index in [0.717, 1.165) is 12.8 Å². The van der Waals surface area contributed by atoms with E-state index in [2.05, 4.69) is 0 Å². The lowest BCUT2D eigenvalue weighted by Crippen LogP contribution is -2.27. The number of carbonyl (C=O) groups is 1. The summed E-state index contributed by atoms with van der Waals surface area (Å²) in [4.78, 5) is 11.4. The maximum absolute atomic E-state index is 11.4. The molecule has 0 amide bonds. The molecule has 1 aliphatic heterocycles. The van der Waals surface area contributed by atoms with Crippen LogP contribution in [0, 0.1) is 5.92 Å². The van der Waals surface area contributed by atoms with Crippen LogP contribution < -0.4 is 0 Å². The third-order valence-electron chi connectivity index (χ3n) is 3.24. The molecule has 0 spiro atoms. The van der Waals surface area contributed by atoms with Crippen molar-refractivity contribution in [3.8, 4) is 0 Å². The number of ether oxygens (including phenoxy) is 3. The van der Waals surface area contributed by atoms with Crippen molar-refractivity contribution in [3.05, 3.63) is 0 Å². The van der Waals surface area contributed by atoms with Crippen LogP contribution in [0.1, 0.15) is 40.0 Å². The number of hydrogen-bond acceptors (Lipinski definition) is 4. The molecule has 0 bridgehead atoms. The highest BCUT2D eigenvalue weighted by molar-refractivity contribution is 5.69. The lowest BCUT2D eigenvalue weighted by atomic mass is 10.0. The van der Waals surface area contributed by atoms with E-state index in [9.17, 15) is 4.79 Å². The van der Waals surface area contributed by atoms with Crippen LogP contribution in [-0.4, -0.2) is 30.6 Å². The minimum atomic E-state index is -0.497. The lowest BCUT2D eigenvalue weighted by molar-refractivity contribution is -0.160. The second kappa shape index (κ2) is 4.34. The molecule has 0 aromatic heterocycles. The zero-order chi connectivity index (χ0) is 11.8. The predicted octanol–water partition coefficient (Wildman–Crippen LogP) is 1.87. The second-order valence-electron chi connectivity index (χ2n) is 4.99. The zero-order valence-electron chi connectivity index (χ0n) is 10.2. The van der Waals surface area contributed by atoms with Crippen molar-refractivity contribution >= 4 is 5.97 Å². The number of rotatable bonds is 3. The molecule has 0 unspecified atom stereocenters. The van der Waals surface area contributed by atoms with Crippen molar-refractivity contribution in [2.75, 3.05) is 6.61 Å². The number of hydrogen-bond donors (Lipinski definition) is 0. The van der Waals surface area contributed by atoms with Crippen LogP contribution >= 0.6 is 0 Å². The highest BCUT2D eigenvalue weighted by Crippen LogP contribution is 2.42. The van der Waals surface area contributed by atoms with Gasteiger partial charge in [-0.05, 0) is 39.5 Å². The molecule has 2 rings (SSSR count). The molecule has 2 fully saturated rings. The first-order valence-corrected chi connectivity index (χ1v) is 6.03. The van der Waals surface area contributed by atoms with Crippen molar-refractivity contribution in [2.24, 2.45) is 5.92 Å². The fraction of sp³-hybridized carbons (Fsp3) is 0.917. The van der Waals surface area contributed by atoms with E-state index in [1.54, 1.807) is 0 Å². The van der Waals surface area contributed by atoms with Crippen LogP contribution in [0.5, 0.6) is 0 Å². The third-order valence-corrected chi connectivity index (χ3v) is 3.24. The average Bonchev–Trinajstić information content (AvgIpc) is 2.64. The van der Waals surface area contributed by atoms with Gasteiger partial charge in [0.05, 0.1) is 25.2 Å². The van der Waals surface area contributed by atoms with Gasteiger partial charge in [-0.1, -0.05) is 0 Å². The van der Waals surface area contributed by atoms with Gasteiger partial charge in [0.15, 0.2) is 5.79 Å². The summed E-state index contributed by atoms with van der Waals surface area (Å²) >= 11 is 0. The van der Waals surface area contributed by atoms with Gasteiger partial charge in [0.25, 0.3) is 0 Å². The fourth-order valence-electron chi connectivity index (χ4n) is 2.68. The Balaban J connectivity index is 1.91. The monoisotopic (exact) mass is 228 g/mol. The van der Waals surface area contributed by atoms with E-state index < -0.39 is 5.79 Å². The summed E-state index contributed by atoms with van der Waals surface area (Å²) in [5.41, 5.74) is 0. The number of carbonyl (C=O) groups excluding carboxylic acids is 1. The molecule has 0 aromatic rings. The van der Waals surface area contributed by atoms with Crippen molar-refractivity contribution < 1.29 is 19.0 Å². The van der Waals surface area contributed by atoms with Crippen molar-refractivity contribution in [2.45, 2.75) is 58.0 Å². The van der Waals surface area contributed by atoms with Gasteiger partial charge >= 0.3 is 5.97 Å². The van der Waals surface area contributed by atoms with E-state index in [1.165, 1.54) is 0 Å². The molecular formula is C12H20O4. The Kier molecular flexibility index (Phi) is 3.22. The van der Waals surface area contributed by atoms with Gasteiger partial charge in [-0.15, -0.1) is 0 Å². The first-order chi connectivity index (χ1) is 7.52. The van der Waals surface area contributed by atoms with E-state index in [0.29, 0.717) is 13.0 Å². The van der Waals surface area contributed by atoms with E-state index in [4.69, 9.17) is 14.2 Å². The second-order valence-corrected chi connectivity index (χ2v) is 4.99. The largest absolute Gasteiger partial charge is 0.466 e. The first kappa shape index (κ1) is 11.9. The first-order valence-electron chi connectivity index (χ1n) is 6.03. The standard InChI is InChI=1S/C12H20O4/c1-4-14-10(13)7-8-5-6-9-11(8)16-12(2,3)15-9/h8-9,11H,4-7H2,1-3H3/t8-,9-,11+/m1/s1. The molecule has 4 nitrogen and oxygen atoms in total. The SMILES string of the molecule is CCOC(=O)C[C@H]1CC[C@H]2OC(C)(C)O[C@@H]12. The summed E-state index contributed by atoms with van der Waals surface area (Å²) in [5.74, 6) is -0.366. The Morgan fingerprint density at radius 2 is 2.12 bits per heavy atom. The predicted molar refractivity (Wildman–Crippen MR) is 57.8 cm³/mol. The Bertz CT molecular complexity index is 274. The van der Waals surface area contributed by atoms with Gasteiger partial charge in [0.2, 0.25) is 0 Å². The molecule has 1 heterocycles. The van der Waals surface area contributed by atoms with Gasteiger partial charge in [0, 0.05) is 0 Å². The van der Waals surface area contributed by atoms with Crippen LogP contribution in [0.2, 0.25) is 0 Å². The van der Waals surface area contributed by atoms with Crippen LogP contribution in [0.4, 0.5) is 0 Å². The Morgan fingerprint density at radius 3 is 2.81 bits per heavy atom. The van der Waals surface area contributed by atoms with Crippen molar-refractivity contribution in [1.29, 1.82) is 0 Å². The Morgan fingerprint density at radius 1 is 1.38 bits per heavy atom.